The fraction of sp³-hybridized carbons (Fsp3) is 0.522. The molecular weight excluding hydrogens is 446 g/mol. The number of carbonyl (C=O) groups is 3. The summed E-state index contributed by atoms with van der Waals surface area (Å²) < 4.78 is 11.3. The van der Waals surface area contributed by atoms with Crippen molar-refractivity contribution < 1.29 is 39.2 Å². The van der Waals surface area contributed by atoms with E-state index >= 15 is 0 Å². The molecule has 34 heavy (non-hydrogen) atoms. The van der Waals surface area contributed by atoms with Crippen LogP contribution in [0.4, 0.5) is 0 Å². The van der Waals surface area contributed by atoms with Crippen LogP contribution < -0.4 is 14.8 Å². The fourth-order valence-electron chi connectivity index (χ4n) is 3.55. The van der Waals surface area contributed by atoms with Crippen molar-refractivity contribution in [3.05, 3.63) is 35.9 Å². The second-order valence-corrected chi connectivity index (χ2v) is 7.56. The number of β-amino-alcohol motifs (C(OH)–C–C–N with tert-alkyl or cyclic N) is 1. The molecule has 0 saturated carbocycles. The third-order valence-corrected chi connectivity index (χ3v) is 5.08. The minimum absolute atomic E-state index is 0.0682. The number of amides is 1. The Morgan fingerprint density at radius 1 is 1.09 bits per heavy atom. The quantitative estimate of drug-likeness (QED) is 0.304. The smallest absolute Gasteiger partial charge is 0.290 e. The average Bonchev–Trinajstić information content (AvgIpc) is 3.03. The van der Waals surface area contributed by atoms with Crippen molar-refractivity contribution in [3.63, 3.8) is 0 Å². The first-order valence-electron chi connectivity index (χ1n) is 11.0. The van der Waals surface area contributed by atoms with Crippen LogP contribution in [-0.4, -0.2) is 103 Å². The van der Waals surface area contributed by atoms with Crippen molar-refractivity contribution in [3.8, 4) is 11.5 Å². The van der Waals surface area contributed by atoms with E-state index in [9.17, 15) is 9.90 Å². The summed E-state index contributed by atoms with van der Waals surface area (Å²) in [5, 5.41) is 26.9. The maximum Gasteiger partial charge on any atom is 0.290 e. The van der Waals surface area contributed by atoms with E-state index in [2.05, 4.69) is 33.3 Å². The number of aliphatic hydroxyl groups excluding tert-OH is 1. The largest absolute Gasteiger partial charge is 0.493 e. The number of aliphatic hydroxyl groups is 1. The highest BCUT2D eigenvalue weighted by atomic mass is 16.5. The lowest BCUT2D eigenvalue weighted by Crippen LogP contribution is -2.37. The molecular formula is C23H35N3O8. The van der Waals surface area contributed by atoms with E-state index in [1.165, 1.54) is 5.56 Å². The number of ether oxygens (including phenoxy) is 2. The average molecular weight is 482 g/mol. The molecule has 0 aromatic heterocycles. The Bertz CT molecular complexity index is 769. The maximum absolute atomic E-state index is 11.4. The van der Waals surface area contributed by atoms with Crippen LogP contribution in [0.15, 0.2) is 30.4 Å². The number of carbonyl (C=O) groups excluding carboxylic acids is 1. The molecule has 0 radical (unpaired) electrons. The molecule has 1 aromatic carbocycles. The Kier molecular flexibility index (Phi) is 14.7. The van der Waals surface area contributed by atoms with E-state index < -0.39 is 6.10 Å². The molecule has 0 bridgehead atoms. The van der Waals surface area contributed by atoms with Gasteiger partial charge in [0.1, 0.15) is 12.7 Å². The molecule has 4 N–H and O–H groups in total. The summed E-state index contributed by atoms with van der Waals surface area (Å²) in [6.45, 7) is 5.12. The highest BCUT2D eigenvalue weighted by molar-refractivity contribution is 5.76. The van der Waals surface area contributed by atoms with E-state index in [1.807, 2.05) is 12.1 Å². The molecule has 11 nitrogen and oxygen atoms in total. The minimum atomic E-state index is -0.627. The fourth-order valence-corrected chi connectivity index (χ4v) is 3.55. The highest BCUT2D eigenvalue weighted by Gasteiger charge is 2.18. The number of nitrogens with one attached hydrogen (secondary N) is 1. The Balaban J connectivity index is 0.000000872. The van der Waals surface area contributed by atoms with Gasteiger partial charge in [-0.25, -0.2) is 0 Å². The van der Waals surface area contributed by atoms with Crippen molar-refractivity contribution in [2.24, 2.45) is 0 Å². The monoisotopic (exact) mass is 481 g/mol. The van der Waals surface area contributed by atoms with Gasteiger partial charge in [-0.05, 0) is 24.1 Å². The van der Waals surface area contributed by atoms with E-state index in [-0.39, 0.29) is 25.5 Å². The lowest BCUT2D eigenvalue weighted by atomic mass is 10.1. The normalized spacial score (nSPS) is 16.9. The second kappa shape index (κ2) is 17.3. The summed E-state index contributed by atoms with van der Waals surface area (Å²) in [6.07, 6.45) is 5.36. The summed E-state index contributed by atoms with van der Waals surface area (Å²) in [5.74, 6) is 1.39. The number of hydrogen-bond acceptors (Lipinski definition) is 8. The van der Waals surface area contributed by atoms with Crippen LogP contribution in [0.1, 0.15) is 18.4 Å². The minimum Gasteiger partial charge on any atom is -0.493 e. The SMILES string of the molecule is COc1cc(CN2CC=CCC2)ccc1OCC(O)CN1CCNC(=O)CC1.O=CO.O=CO. The van der Waals surface area contributed by atoms with Gasteiger partial charge in [0, 0.05) is 52.2 Å². The van der Waals surface area contributed by atoms with Crippen molar-refractivity contribution in [2.75, 3.05) is 53.0 Å². The molecule has 1 fully saturated rings. The van der Waals surface area contributed by atoms with Gasteiger partial charge in [0.05, 0.1) is 7.11 Å². The van der Waals surface area contributed by atoms with Gasteiger partial charge >= 0.3 is 0 Å². The standard InChI is InChI=1S/C21H31N3O4.2CH2O2/c1-27-20-13-17(14-23-9-3-2-4-10-23)5-6-19(20)28-16-18(25)15-24-11-7-21(26)22-8-12-24;2*2-1-3/h2-3,5-6,13,18,25H,4,7-12,14-16H2,1H3,(H,22,26);2*1H,(H,2,3). The lowest BCUT2D eigenvalue weighted by Gasteiger charge is -2.24. The zero-order chi connectivity index (χ0) is 25.2. The molecule has 190 valence electrons. The van der Waals surface area contributed by atoms with Gasteiger partial charge in [-0.1, -0.05) is 18.2 Å². The summed E-state index contributed by atoms with van der Waals surface area (Å²) >= 11 is 0. The molecule has 11 heteroatoms. The number of nitrogens with zero attached hydrogens (tertiary/aromatic N) is 2. The van der Waals surface area contributed by atoms with E-state index in [4.69, 9.17) is 29.3 Å². The second-order valence-electron chi connectivity index (χ2n) is 7.56. The zero-order valence-electron chi connectivity index (χ0n) is 19.5. The number of benzene rings is 1. The predicted molar refractivity (Wildman–Crippen MR) is 125 cm³/mol. The van der Waals surface area contributed by atoms with Gasteiger partial charge < -0.3 is 30.1 Å². The molecule has 1 aromatic rings. The molecule has 2 aliphatic heterocycles. The molecule has 0 spiro atoms. The molecule has 1 amide bonds. The van der Waals surface area contributed by atoms with Gasteiger partial charge in [-0.2, -0.15) is 0 Å². The maximum atomic E-state index is 11.4. The van der Waals surface area contributed by atoms with Crippen LogP contribution in [0.3, 0.4) is 0 Å². The van der Waals surface area contributed by atoms with Gasteiger partial charge in [-0.15, -0.1) is 0 Å². The molecule has 3 rings (SSSR count). The predicted octanol–water partition coefficient (Wildman–Crippen LogP) is 0.420. The zero-order valence-corrected chi connectivity index (χ0v) is 19.5. The first kappa shape index (κ1) is 28.9. The molecule has 1 atom stereocenters. The van der Waals surface area contributed by atoms with Gasteiger partial charge in [0.15, 0.2) is 11.5 Å². The number of hydrogen-bond donors (Lipinski definition) is 4. The Labute approximate surface area is 199 Å². The Morgan fingerprint density at radius 2 is 1.82 bits per heavy atom. The van der Waals surface area contributed by atoms with Crippen LogP contribution >= 0.6 is 0 Å². The Hall–Kier alpha value is -3.15. The number of methoxy groups -OCH3 is 1. The van der Waals surface area contributed by atoms with Crippen molar-refractivity contribution in [1.29, 1.82) is 0 Å². The first-order valence-corrected chi connectivity index (χ1v) is 11.0. The van der Waals surface area contributed by atoms with Gasteiger partial charge in [0.2, 0.25) is 5.91 Å². The third-order valence-electron chi connectivity index (χ3n) is 5.08. The van der Waals surface area contributed by atoms with Gasteiger partial charge in [-0.3, -0.25) is 24.2 Å². The van der Waals surface area contributed by atoms with Crippen LogP contribution in [0, 0.1) is 0 Å². The lowest BCUT2D eigenvalue weighted by molar-refractivity contribution is -0.123. The van der Waals surface area contributed by atoms with E-state index in [0.29, 0.717) is 37.6 Å². The summed E-state index contributed by atoms with van der Waals surface area (Å²) in [5.41, 5.74) is 1.18. The van der Waals surface area contributed by atoms with Gasteiger partial charge in [0.25, 0.3) is 12.9 Å². The molecule has 2 heterocycles. The van der Waals surface area contributed by atoms with Crippen LogP contribution in [0.25, 0.3) is 0 Å². The Morgan fingerprint density at radius 3 is 2.47 bits per heavy atom. The third kappa shape index (κ3) is 11.6. The number of rotatable bonds is 8. The summed E-state index contributed by atoms with van der Waals surface area (Å²) in [7, 11) is 1.63. The van der Waals surface area contributed by atoms with E-state index in [1.54, 1.807) is 7.11 Å². The molecule has 1 unspecified atom stereocenters. The number of carboxylic acid groups (broad SMARTS) is 2. The molecule has 2 aliphatic rings. The highest BCUT2D eigenvalue weighted by Crippen LogP contribution is 2.29. The molecule has 1 saturated heterocycles. The van der Waals surface area contributed by atoms with E-state index in [0.717, 1.165) is 32.6 Å². The first-order chi connectivity index (χ1) is 16.5. The summed E-state index contributed by atoms with van der Waals surface area (Å²) in [6, 6.07) is 5.97. The van der Waals surface area contributed by atoms with Crippen molar-refractivity contribution in [1.82, 2.24) is 15.1 Å². The van der Waals surface area contributed by atoms with Crippen LogP contribution in [-0.2, 0) is 20.9 Å². The topological polar surface area (TPSA) is 149 Å². The van der Waals surface area contributed by atoms with Crippen LogP contribution in [0.2, 0.25) is 0 Å². The van der Waals surface area contributed by atoms with Crippen molar-refractivity contribution in [2.45, 2.75) is 25.5 Å². The molecule has 0 aliphatic carbocycles. The van der Waals surface area contributed by atoms with Crippen molar-refractivity contribution >= 4 is 18.9 Å². The van der Waals surface area contributed by atoms with Crippen LogP contribution in [0.5, 0.6) is 11.5 Å². The summed E-state index contributed by atoms with van der Waals surface area (Å²) in [4.78, 5) is 32.6.